The third kappa shape index (κ3) is 5.08. The number of hydrogen-bond donors (Lipinski definition) is 3. The molecule has 0 aliphatic carbocycles. The Kier molecular flexibility index (Phi) is 7.01. The quantitative estimate of drug-likeness (QED) is 0.433. The van der Waals surface area contributed by atoms with Crippen LogP contribution in [-0.4, -0.2) is 42.6 Å². The van der Waals surface area contributed by atoms with Gasteiger partial charge in [0.25, 0.3) is 5.91 Å². The first-order valence-corrected chi connectivity index (χ1v) is 9.91. The standard InChI is InChI=1S/C24H23N3O3.ClH/c1-30-23(29)18-8-6-17(7-9-18)10-11-24(12-14-25-15-13-24)27-22(28)21-16-19-4-2-3-5-20(19)26-21;/h2-9,16,25-26H,12-15H2,1H3,(H,27,28);1H. The minimum absolute atomic E-state index is 0. The van der Waals surface area contributed by atoms with Crippen molar-refractivity contribution >= 4 is 35.2 Å². The van der Waals surface area contributed by atoms with E-state index in [0.29, 0.717) is 24.1 Å². The lowest BCUT2D eigenvalue weighted by atomic mass is 9.88. The van der Waals surface area contributed by atoms with E-state index in [1.807, 2.05) is 30.3 Å². The topological polar surface area (TPSA) is 83.2 Å². The van der Waals surface area contributed by atoms with Crippen molar-refractivity contribution in [2.24, 2.45) is 0 Å². The number of hydrogen-bond acceptors (Lipinski definition) is 4. The fourth-order valence-electron chi connectivity index (χ4n) is 3.61. The number of fused-ring (bicyclic) bond motifs is 1. The highest BCUT2D eigenvalue weighted by molar-refractivity contribution is 5.98. The van der Waals surface area contributed by atoms with Gasteiger partial charge >= 0.3 is 5.97 Å². The first kappa shape index (κ1) is 22.4. The summed E-state index contributed by atoms with van der Waals surface area (Å²) in [5.41, 5.74) is 2.10. The molecular weight excluding hydrogens is 414 g/mol. The number of benzene rings is 2. The van der Waals surface area contributed by atoms with Gasteiger partial charge in [-0.05, 0) is 62.3 Å². The summed E-state index contributed by atoms with van der Waals surface area (Å²) in [4.78, 5) is 27.7. The molecular formula is C24H24ClN3O3. The molecule has 0 spiro atoms. The number of carbonyl (C=O) groups is 2. The molecule has 4 rings (SSSR count). The number of methoxy groups -OCH3 is 1. The van der Waals surface area contributed by atoms with Gasteiger partial charge in [-0.15, -0.1) is 12.4 Å². The Hall–Kier alpha value is -3.27. The van der Waals surface area contributed by atoms with Gasteiger partial charge in [0.1, 0.15) is 11.2 Å². The Morgan fingerprint density at radius 3 is 2.45 bits per heavy atom. The predicted molar refractivity (Wildman–Crippen MR) is 123 cm³/mol. The predicted octanol–water partition coefficient (Wildman–Crippen LogP) is 3.28. The summed E-state index contributed by atoms with van der Waals surface area (Å²) < 4.78 is 4.72. The maximum absolute atomic E-state index is 13.0. The Morgan fingerprint density at radius 2 is 1.77 bits per heavy atom. The van der Waals surface area contributed by atoms with Crippen LogP contribution in [0.25, 0.3) is 10.9 Å². The van der Waals surface area contributed by atoms with Crippen LogP contribution in [0.5, 0.6) is 0 Å². The van der Waals surface area contributed by atoms with Gasteiger partial charge in [0, 0.05) is 16.5 Å². The summed E-state index contributed by atoms with van der Waals surface area (Å²) in [6.07, 6.45) is 1.43. The molecule has 1 aliphatic heterocycles. The molecule has 160 valence electrons. The molecule has 1 aliphatic rings. The molecule has 1 aromatic heterocycles. The van der Waals surface area contributed by atoms with Crippen LogP contribution in [0.15, 0.2) is 54.6 Å². The maximum Gasteiger partial charge on any atom is 0.337 e. The minimum atomic E-state index is -0.610. The van der Waals surface area contributed by atoms with Gasteiger partial charge < -0.3 is 20.4 Å². The van der Waals surface area contributed by atoms with Crippen molar-refractivity contribution < 1.29 is 14.3 Å². The molecule has 0 atom stereocenters. The molecule has 2 heterocycles. The molecule has 3 aromatic rings. The van der Waals surface area contributed by atoms with E-state index < -0.39 is 5.54 Å². The molecule has 1 fully saturated rings. The fourth-order valence-corrected chi connectivity index (χ4v) is 3.61. The number of para-hydroxylation sites is 1. The molecule has 1 saturated heterocycles. The average molecular weight is 438 g/mol. The Bertz CT molecular complexity index is 1100. The second-order valence-corrected chi connectivity index (χ2v) is 7.38. The molecule has 0 bridgehead atoms. The number of ether oxygens (including phenoxy) is 1. The van der Waals surface area contributed by atoms with Gasteiger partial charge in [0.05, 0.1) is 12.7 Å². The van der Waals surface area contributed by atoms with E-state index in [2.05, 4.69) is 27.5 Å². The fraction of sp³-hybridized carbons (Fsp3) is 0.250. The zero-order valence-corrected chi connectivity index (χ0v) is 18.0. The number of aromatic nitrogens is 1. The van der Waals surface area contributed by atoms with Crippen molar-refractivity contribution in [1.82, 2.24) is 15.6 Å². The Morgan fingerprint density at radius 1 is 1.06 bits per heavy atom. The number of halogens is 1. The van der Waals surface area contributed by atoms with Crippen molar-refractivity contribution in [3.8, 4) is 11.8 Å². The van der Waals surface area contributed by atoms with Crippen LogP contribution in [0, 0.1) is 11.8 Å². The highest BCUT2D eigenvalue weighted by Crippen LogP contribution is 2.20. The van der Waals surface area contributed by atoms with Crippen LogP contribution in [0.1, 0.15) is 39.3 Å². The first-order valence-electron chi connectivity index (χ1n) is 9.91. The second-order valence-electron chi connectivity index (χ2n) is 7.38. The Labute approximate surface area is 187 Å². The van der Waals surface area contributed by atoms with Crippen LogP contribution in [-0.2, 0) is 4.74 Å². The highest BCUT2D eigenvalue weighted by atomic mass is 35.5. The van der Waals surface area contributed by atoms with Crippen LogP contribution in [0.2, 0.25) is 0 Å². The number of carbonyl (C=O) groups excluding carboxylic acids is 2. The number of piperidine rings is 1. The summed E-state index contributed by atoms with van der Waals surface area (Å²) in [6, 6.07) is 16.6. The normalized spacial score (nSPS) is 14.6. The lowest BCUT2D eigenvalue weighted by Gasteiger charge is -2.33. The molecule has 31 heavy (non-hydrogen) atoms. The number of nitrogens with one attached hydrogen (secondary N) is 3. The number of H-pyrrole nitrogens is 1. The lowest BCUT2D eigenvalue weighted by Crippen LogP contribution is -2.53. The molecule has 2 aromatic carbocycles. The van der Waals surface area contributed by atoms with Crippen molar-refractivity contribution in [1.29, 1.82) is 0 Å². The zero-order chi connectivity index (χ0) is 21.0. The molecule has 7 heteroatoms. The lowest BCUT2D eigenvalue weighted by molar-refractivity contribution is 0.0600. The molecule has 1 amide bonds. The van der Waals surface area contributed by atoms with Crippen LogP contribution in [0.3, 0.4) is 0 Å². The van der Waals surface area contributed by atoms with Gasteiger partial charge in [-0.3, -0.25) is 4.79 Å². The summed E-state index contributed by atoms with van der Waals surface area (Å²) in [5.74, 6) is 5.92. The summed E-state index contributed by atoms with van der Waals surface area (Å²) in [7, 11) is 1.35. The van der Waals surface area contributed by atoms with Crippen molar-refractivity contribution in [2.45, 2.75) is 18.4 Å². The molecule has 0 saturated carbocycles. The summed E-state index contributed by atoms with van der Waals surface area (Å²) in [6.45, 7) is 1.56. The van der Waals surface area contributed by atoms with Crippen LogP contribution >= 0.6 is 12.4 Å². The van der Waals surface area contributed by atoms with E-state index in [9.17, 15) is 9.59 Å². The third-order valence-electron chi connectivity index (χ3n) is 5.34. The van der Waals surface area contributed by atoms with Crippen molar-refractivity contribution in [2.75, 3.05) is 20.2 Å². The van der Waals surface area contributed by atoms with E-state index in [0.717, 1.165) is 29.6 Å². The van der Waals surface area contributed by atoms with E-state index in [-0.39, 0.29) is 24.3 Å². The molecule has 3 N–H and O–H groups in total. The van der Waals surface area contributed by atoms with E-state index in [4.69, 9.17) is 4.74 Å². The van der Waals surface area contributed by atoms with Gasteiger partial charge in [-0.25, -0.2) is 4.79 Å². The van der Waals surface area contributed by atoms with Gasteiger partial charge in [-0.1, -0.05) is 30.0 Å². The van der Waals surface area contributed by atoms with Gasteiger partial charge in [-0.2, -0.15) is 0 Å². The second kappa shape index (κ2) is 9.69. The van der Waals surface area contributed by atoms with Gasteiger partial charge in [0.2, 0.25) is 0 Å². The number of rotatable bonds is 3. The zero-order valence-electron chi connectivity index (χ0n) is 17.2. The van der Waals surface area contributed by atoms with E-state index in [1.54, 1.807) is 24.3 Å². The SMILES string of the molecule is COC(=O)c1ccc(C#CC2(NC(=O)c3cc4ccccc4[nH]3)CCNCC2)cc1.Cl. The van der Waals surface area contributed by atoms with Crippen molar-refractivity contribution in [3.63, 3.8) is 0 Å². The highest BCUT2D eigenvalue weighted by Gasteiger charge is 2.32. The van der Waals surface area contributed by atoms with Crippen LogP contribution in [0.4, 0.5) is 0 Å². The van der Waals surface area contributed by atoms with Crippen LogP contribution < -0.4 is 10.6 Å². The summed E-state index contributed by atoms with van der Waals surface area (Å²) >= 11 is 0. The van der Waals surface area contributed by atoms with E-state index >= 15 is 0 Å². The Balaban J connectivity index is 0.00000272. The monoisotopic (exact) mass is 437 g/mol. The molecule has 6 nitrogen and oxygen atoms in total. The maximum atomic E-state index is 13.0. The van der Waals surface area contributed by atoms with E-state index in [1.165, 1.54) is 7.11 Å². The first-order chi connectivity index (χ1) is 14.6. The average Bonchev–Trinajstić information content (AvgIpc) is 3.23. The third-order valence-corrected chi connectivity index (χ3v) is 5.34. The molecule has 0 radical (unpaired) electrons. The molecule has 0 unspecified atom stereocenters. The number of amides is 1. The summed E-state index contributed by atoms with van der Waals surface area (Å²) in [5, 5.41) is 7.48. The number of aromatic amines is 1. The largest absolute Gasteiger partial charge is 0.465 e. The minimum Gasteiger partial charge on any atom is -0.465 e. The smallest absolute Gasteiger partial charge is 0.337 e. The number of esters is 1. The van der Waals surface area contributed by atoms with Crippen molar-refractivity contribution in [3.05, 3.63) is 71.4 Å². The van der Waals surface area contributed by atoms with Gasteiger partial charge in [0.15, 0.2) is 0 Å².